The van der Waals surface area contributed by atoms with E-state index in [1.807, 2.05) is 49.4 Å². The average molecular weight is 350 g/mol. The summed E-state index contributed by atoms with van der Waals surface area (Å²) in [6.07, 6.45) is 4.61. The highest BCUT2D eigenvalue weighted by Crippen LogP contribution is 2.29. The molecule has 1 aromatic heterocycles. The fraction of sp³-hybridized carbons (Fsp3) is 0.238. The Kier molecular flexibility index (Phi) is 5.69. The SMILES string of the molecule is CCCOc1ccc(/C=C/c2nc3ccccc3c(=O)[nH]2)cc1OCC. The molecule has 0 spiro atoms. The van der Waals surface area contributed by atoms with Crippen molar-refractivity contribution in [1.29, 1.82) is 0 Å². The van der Waals surface area contributed by atoms with Crippen LogP contribution in [0, 0.1) is 0 Å². The van der Waals surface area contributed by atoms with Crippen LogP contribution < -0.4 is 15.0 Å². The second-order valence-electron chi connectivity index (χ2n) is 5.79. The van der Waals surface area contributed by atoms with Crippen LogP contribution in [0.3, 0.4) is 0 Å². The number of para-hydroxylation sites is 1. The highest BCUT2D eigenvalue weighted by Gasteiger charge is 2.06. The number of nitrogens with zero attached hydrogens (tertiary/aromatic N) is 1. The number of rotatable bonds is 7. The van der Waals surface area contributed by atoms with Gasteiger partial charge in [0.25, 0.3) is 5.56 Å². The van der Waals surface area contributed by atoms with E-state index in [0.717, 1.165) is 17.7 Å². The molecule has 2 aromatic carbocycles. The van der Waals surface area contributed by atoms with E-state index >= 15 is 0 Å². The van der Waals surface area contributed by atoms with Crippen molar-refractivity contribution in [2.24, 2.45) is 0 Å². The number of aromatic amines is 1. The molecule has 134 valence electrons. The van der Waals surface area contributed by atoms with E-state index in [-0.39, 0.29) is 5.56 Å². The smallest absolute Gasteiger partial charge is 0.259 e. The van der Waals surface area contributed by atoms with Crippen molar-refractivity contribution in [3.05, 3.63) is 64.2 Å². The Bertz CT molecular complexity index is 976. The van der Waals surface area contributed by atoms with E-state index in [1.165, 1.54) is 0 Å². The predicted octanol–water partition coefficient (Wildman–Crippen LogP) is 4.28. The summed E-state index contributed by atoms with van der Waals surface area (Å²) < 4.78 is 11.4. The molecule has 0 bridgehead atoms. The lowest BCUT2D eigenvalue weighted by molar-refractivity contribution is 0.277. The first-order chi connectivity index (χ1) is 12.7. The molecule has 26 heavy (non-hydrogen) atoms. The molecule has 1 heterocycles. The monoisotopic (exact) mass is 350 g/mol. The molecule has 0 atom stereocenters. The Hall–Kier alpha value is -3.08. The first-order valence-electron chi connectivity index (χ1n) is 8.78. The zero-order valence-electron chi connectivity index (χ0n) is 15.0. The van der Waals surface area contributed by atoms with Gasteiger partial charge in [-0.1, -0.05) is 31.2 Å². The van der Waals surface area contributed by atoms with Crippen LogP contribution in [0.5, 0.6) is 11.5 Å². The third kappa shape index (κ3) is 4.11. The van der Waals surface area contributed by atoms with Crippen LogP contribution in [0.15, 0.2) is 47.3 Å². The lowest BCUT2D eigenvalue weighted by atomic mass is 10.2. The summed E-state index contributed by atoms with van der Waals surface area (Å²) in [5.41, 5.74) is 1.47. The molecule has 3 rings (SSSR count). The van der Waals surface area contributed by atoms with Gasteiger partial charge < -0.3 is 14.5 Å². The zero-order chi connectivity index (χ0) is 18.4. The molecule has 1 N–H and O–H groups in total. The number of hydrogen-bond acceptors (Lipinski definition) is 4. The van der Waals surface area contributed by atoms with Crippen LogP contribution in [-0.2, 0) is 0 Å². The lowest BCUT2D eigenvalue weighted by Crippen LogP contribution is -2.09. The molecule has 5 heteroatoms. The van der Waals surface area contributed by atoms with Crippen molar-refractivity contribution >= 4 is 23.1 Å². The summed E-state index contributed by atoms with van der Waals surface area (Å²) in [6.45, 7) is 5.22. The van der Waals surface area contributed by atoms with Crippen LogP contribution in [0.25, 0.3) is 23.1 Å². The second kappa shape index (κ2) is 8.34. The van der Waals surface area contributed by atoms with Gasteiger partial charge in [-0.15, -0.1) is 0 Å². The van der Waals surface area contributed by atoms with Gasteiger partial charge in [0.2, 0.25) is 0 Å². The molecule has 0 aliphatic rings. The highest BCUT2D eigenvalue weighted by molar-refractivity contribution is 5.79. The van der Waals surface area contributed by atoms with E-state index in [9.17, 15) is 4.79 Å². The zero-order valence-corrected chi connectivity index (χ0v) is 15.0. The molecular formula is C21H22N2O3. The van der Waals surface area contributed by atoms with Crippen LogP contribution in [0.1, 0.15) is 31.7 Å². The summed E-state index contributed by atoms with van der Waals surface area (Å²) in [7, 11) is 0. The standard InChI is InChI=1S/C21H22N2O3/c1-3-13-26-18-11-9-15(14-19(18)25-4-2)10-12-20-22-17-8-6-5-7-16(17)21(24)23-20/h5-12,14H,3-4,13H2,1-2H3,(H,22,23,24)/b12-10+. The van der Waals surface area contributed by atoms with Gasteiger partial charge >= 0.3 is 0 Å². The van der Waals surface area contributed by atoms with Crippen molar-refractivity contribution in [3.8, 4) is 11.5 Å². The first kappa shape index (κ1) is 17.7. The van der Waals surface area contributed by atoms with E-state index < -0.39 is 0 Å². The highest BCUT2D eigenvalue weighted by atomic mass is 16.5. The number of H-pyrrole nitrogens is 1. The Morgan fingerprint density at radius 2 is 1.88 bits per heavy atom. The summed E-state index contributed by atoms with van der Waals surface area (Å²) in [5, 5.41) is 0.584. The van der Waals surface area contributed by atoms with E-state index in [2.05, 4.69) is 16.9 Å². The number of benzene rings is 2. The molecule has 0 amide bonds. The maximum absolute atomic E-state index is 12.1. The molecule has 0 saturated carbocycles. The Morgan fingerprint density at radius 3 is 2.69 bits per heavy atom. The topological polar surface area (TPSA) is 64.2 Å². The number of nitrogens with one attached hydrogen (secondary N) is 1. The number of hydrogen-bond donors (Lipinski definition) is 1. The summed E-state index contributed by atoms with van der Waals surface area (Å²) in [5.74, 6) is 1.96. The summed E-state index contributed by atoms with van der Waals surface area (Å²) in [4.78, 5) is 19.4. The van der Waals surface area contributed by atoms with Gasteiger partial charge in [0.1, 0.15) is 5.82 Å². The van der Waals surface area contributed by atoms with Crippen molar-refractivity contribution in [2.75, 3.05) is 13.2 Å². The minimum absolute atomic E-state index is 0.145. The third-order valence-corrected chi connectivity index (χ3v) is 3.79. The third-order valence-electron chi connectivity index (χ3n) is 3.79. The largest absolute Gasteiger partial charge is 0.490 e. The fourth-order valence-electron chi connectivity index (χ4n) is 2.59. The normalized spacial score (nSPS) is 11.2. The Labute approximate surface area is 152 Å². The van der Waals surface area contributed by atoms with Gasteiger partial charge in [-0.05, 0) is 49.2 Å². The van der Waals surface area contributed by atoms with Crippen LogP contribution in [0.4, 0.5) is 0 Å². The maximum Gasteiger partial charge on any atom is 0.259 e. The molecule has 0 aliphatic heterocycles. The predicted molar refractivity (Wildman–Crippen MR) is 105 cm³/mol. The maximum atomic E-state index is 12.1. The van der Waals surface area contributed by atoms with Crippen molar-refractivity contribution < 1.29 is 9.47 Å². The molecule has 0 radical (unpaired) electrons. The molecule has 0 fully saturated rings. The molecule has 5 nitrogen and oxygen atoms in total. The summed E-state index contributed by atoms with van der Waals surface area (Å²) >= 11 is 0. The van der Waals surface area contributed by atoms with Gasteiger partial charge in [0.05, 0.1) is 24.1 Å². The average Bonchev–Trinajstić information content (AvgIpc) is 2.66. The van der Waals surface area contributed by atoms with Crippen LogP contribution in [-0.4, -0.2) is 23.2 Å². The quantitative estimate of drug-likeness (QED) is 0.691. The van der Waals surface area contributed by atoms with Crippen LogP contribution >= 0.6 is 0 Å². The molecule has 0 saturated heterocycles. The Balaban J connectivity index is 1.88. The van der Waals surface area contributed by atoms with Gasteiger partial charge in [0, 0.05) is 0 Å². The van der Waals surface area contributed by atoms with E-state index in [0.29, 0.717) is 35.7 Å². The summed E-state index contributed by atoms with van der Waals surface area (Å²) in [6, 6.07) is 13.1. The number of ether oxygens (including phenoxy) is 2. The lowest BCUT2D eigenvalue weighted by Gasteiger charge is -2.12. The minimum atomic E-state index is -0.145. The van der Waals surface area contributed by atoms with Gasteiger partial charge in [-0.2, -0.15) is 0 Å². The van der Waals surface area contributed by atoms with Gasteiger partial charge in [-0.3, -0.25) is 4.79 Å². The molecule has 3 aromatic rings. The minimum Gasteiger partial charge on any atom is -0.490 e. The van der Waals surface area contributed by atoms with E-state index in [1.54, 1.807) is 12.1 Å². The van der Waals surface area contributed by atoms with E-state index in [4.69, 9.17) is 9.47 Å². The fourth-order valence-corrected chi connectivity index (χ4v) is 2.59. The second-order valence-corrected chi connectivity index (χ2v) is 5.79. The van der Waals surface area contributed by atoms with Gasteiger partial charge in [0.15, 0.2) is 11.5 Å². The Morgan fingerprint density at radius 1 is 1.04 bits per heavy atom. The number of fused-ring (bicyclic) bond motifs is 1. The number of aromatic nitrogens is 2. The first-order valence-corrected chi connectivity index (χ1v) is 8.78. The van der Waals surface area contributed by atoms with Crippen molar-refractivity contribution in [3.63, 3.8) is 0 Å². The molecule has 0 aliphatic carbocycles. The molecular weight excluding hydrogens is 328 g/mol. The van der Waals surface area contributed by atoms with Gasteiger partial charge in [-0.25, -0.2) is 4.98 Å². The van der Waals surface area contributed by atoms with Crippen molar-refractivity contribution in [1.82, 2.24) is 9.97 Å². The van der Waals surface area contributed by atoms with Crippen molar-refractivity contribution in [2.45, 2.75) is 20.3 Å². The molecule has 0 unspecified atom stereocenters. The van der Waals surface area contributed by atoms with Crippen LogP contribution in [0.2, 0.25) is 0 Å².